The number of methoxy groups -OCH3 is 1. The summed E-state index contributed by atoms with van der Waals surface area (Å²) >= 11 is 3.10. The van der Waals surface area contributed by atoms with Gasteiger partial charge in [0, 0.05) is 11.6 Å². The van der Waals surface area contributed by atoms with Crippen molar-refractivity contribution in [2.75, 3.05) is 7.11 Å². The Bertz CT molecular complexity index is 680. The first kappa shape index (κ1) is 14.7. The van der Waals surface area contributed by atoms with Crippen LogP contribution in [0.5, 0.6) is 5.75 Å². The van der Waals surface area contributed by atoms with E-state index in [4.69, 9.17) is 4.74 Å². The minimum absolute atomic E-state index is 0.177. The summed E-state index contributed by atoms with van der Waals surface area (Å²) in [4.78, 5) is 12.6. The average molecular weight is 337 g/mol. The maximum Gasteiger partial charge on any atom is 0.197 e. The Morgan fingerprint density at radius 1 is 1.15 bits per heavy atom. The standard InChI is InChI=1S/C16H14BrFO2/c1-9-4-5-10(2)11(6-9)16(19)12-7-13(17)14(18)8-15(12)20-3/h4-8H,1-3H3. The van der Waals surface area contributed by atoms with Crippen LogP contribution in [0.4, 0.5) is 4.39 Å². The molecule has 2 rings (SSSR count). The second-order valence-corrected chi connectivity index (χ2v) is 5.47. The quantitative estimate of drug-likeness (QED) is 0.774. The molecule has 0 aliphatic carbocycles. The van der Waals surface area contributed by atoms with E-state index in [1.165, 1.54) is 19.2 Å². The van der Waals surface area contributed by atoms with Crippen molar-refractivity contribution in [1.29, 1.82) is 0 Å². The number of benzene rings is 2. The number of ketones is 1. The van der Waals surface area contributed by atoms with E-state index < -0.39 is 5.82 Å². The highest BCUT2D eigenvalue weighted by Crippen LogP contribution is 2.29. The summed E-state index contributed by atoms with van der Waals surface area (Å²) in [6.45, 7) is 3.80. The number of carbonyl (C=O) groups is 1. The van der Waals surface area contributed by atoms with Crippen LogP contribution in [0.15, 0.2) is 34.8 Å². The summed E-state index contributed by atoms with van der Waals surface area (Å²) in [5.74, 6) is -0.403. The number of rotatable bonds is 3. The van der Waals surface area contributed by atoms with E-state index in [-0.39, 0.29) is 16.0 Å². The van der Waals surface area contributed by atoms with Crippen molar-refractivity contribution in [1.82, 2.24) is 0 Å². The number of ether oxygens (including phenoxy) is 1. The molecule has 2 aromatic carbocycles. The molecular weight excluding hydrogens is 323 g/mol. The summed E-state index contributed by atoms with van der Waals surface area (Å²) in [5, 5.41) is 0. The summed E-state index contributed by atoms with van der Waals surface area (Å²) in [6, 6.07) is 8.34. The highest BCUT2D eigenvalue weighted by Gasteiger charge is 2.19. The van der Waals surface area contributed by atoms with Gasteiger partial charge in [0.25, 0.3) is 0 Å². The minimum Gasteiger partial charge on any atom is -0.496 e. The molecule has 0 heterocycles. The van der Waals surface area contributed by atoms with Crippen molar-refractivity contribution in [3.05, 3.63) is 62.9 Å². The number of hydrogen-bond donors (Lipinski definition) is 0. The molecule has 0 aromatic heterocycles. The van der Waals surface area contributed by atoms with Gasteiger partial charge in [-0.2, -0.15) is 0 Å². The molecule has 0 atom stereocenters. The van der Waals surface area contributed by atoms with Gasteiger partial charge < -0.3 is 4.74 Å². The van der Waals surface area contributed by atoms with Gasteiger partial charge in [-0.15, -0.1) is 0 Å². The lowest BCUT2D eigenvalue weighted by Gasteiger charge is -2.11. The second kappa shape index (κ2) is 5.75. The molecule has 0 aliphatic heterocycles. The van der Waals surface area contributed by atoms with Crippen LogP contribution < -0.4 is 4.74 Å². The first-order valence-electron chi connectivity index (χ1n) is 6.09. The van der Waals surface area contributed by atoms with Crippen molar-refractivity contribution in [2.24, 2.45) is 0 Å². The van der Waals surface area contributed by atoms with Crippen LogP contribution in [-0.2, 0) is 0 Å². The van der Waals surface area contributed by atoms with Crippen LogP contribution in [0.25, 0.3) is 0 Å². The Morgan fingerprint density at radius 3 is 2.50 bits per heavy atom. The van der Waals surface area contributed by atoms with Crippen LogP contribution in [-0.4, -0.2) is 12.9 Å². The van der Waals surface area contributed by atoms with Crippen LogP contribution in [0.2, 0.25) is 0 Å². The van der Waals surface area contributed by atoms with Crippen LogP contribution in [0.3, 0.4) is 0 Å². The van der Waals surface area contributed by atoms with Gasteiger partial charge in [-0.1, -0.05) is 17.7 Å². The Morgan fingerprint density at radius 2 is 1.85 bits per heavy atom. The first-order chi connectivity index (χ1) is 9.43. The van der Waals surface area contributed by atoms with Gasteiger partial charge in [-0.05, 0) is 47.5 Å². The van der Waals surface area contributed by atoms with Crippen molar-refractivity contribution in [3.63, 3.8) is 0 Å². The Labute approximate surface area is 125 Å². The third-order valence-corrected chi connectivity index (χ3v) is 3.73. The topological polar surface area (TPSA) is 26.3 Å². The van der Waals surface area contributed by atoms with Crippen LogP contribution in [0.1, 0.15) is 27.0 Å². The maximum absolute atomic E-state index is 13.5. The average Bonchev–Trinajstić information content (AvgIpc) is 2.43. The molecule has 2 aromatic rings. The van der Waals surface area contributed by atoms with Crippen molar-refractivity contribution < 1.29 is 13.9 Å². The zero-order chi connectivity index (χ0) is 14.9. The molecule has 2 nitrogen and oxygen atoms in total. The lowest BCUT2D eigenvalue weighted by Crippen LogP contribution is -2.07. The maximum atomic E-state index is 13.5. The van der Waals surface area contributed by atoms with Crippen molar-refractivity contribution in [2.45, 2.75) is 13.8 Å². The molecule has 0 aliphatic rings. The first-order valence-corrected chi connectivity index (χ1v) is 6.88. The van der Waals surface area contributed by atoms with Gasteiger partial charge in [-0.3, -0.25) is 4.79 Å². The van der Waals surface area contributed by atoms with Gasteiger partial charge in [0.1, 0.15) is 11.6 Å². The van der Waals surface area contributed by atoms with Gasteiger partial charge >= 0.3 is 0 Å². The third kappa shape index (κ3) is 2.75. The van der Waals surface area contributed by atoms with E-state index >= 15 is 0 Å². The smallest absolute Gasteiger partial charge is 0.197 e. The van der Waals surface area contributed by atoms with Gasteiger partial charge in [0.2, 0.25) is 0 Å². The normalized spacial score (nSPS) is 10.4. The monoisotopic (exact) mass is 336 g/mol. The highest BCUT2D eigenvalue weighted by atomic mass is 79.9. The van der Waals surface area contributed by atoms with E-state index in [2.05, 4.69) is 15.9 Å². The zero-order valence-electron chi connectivity index (χ0n) is 11.5. The molecule has 0 spiro atoms. The fourth-order valence-corrected chi connectivity index (χ4v) is 2.34. The predicted molar refractivity (Wildman–Crippen MR) is 80.0 cm³/mol. The molecule has 0 radical (unpaired) electrons. The highest BCUT2D eigenvalue weighted by molar-refractivity contribution is 9.10. The van der Waals surface area contributed by atoms with Gasteiger partial charge in [0.15, 0.2) is 5.78 Å². The molecule has 0 N–H and O–H groups in total. The fraction of sp³-hybridized carbons (Fsp3) is 0.188. The van der Waals surface area contributed by atoms with Crippen LogP contribution >= 0.6 is 15.9 Å². The van der Waals surface area contributed by atoms with Gasteiger partial charge in [0.05, 0.1) is 17.1 Å². The number of aryl methyl sites for hydroxylation is 2. The summed E-state index contributed by atoms with van der Waals surface area (Å²) in [5.41, 5.74) is 2.82. The molecule has 104 valence electrons. The van der Waals surface area contributed by atoms with E-state index in [0.29, 0.717) is 11.1 Å². The molecule has 0 saturated carbocycles. The van der Waals surface area contributed by atoms with Crippen molar-refractivity contribution >= 4 is 21.7 Å². The largest absolute Gasteiger partial charge is 0.496 e. The molecule has 20 heavy (non-hydrogen) atoms. The molecule has 0 amide bonds. The van der Waals surface area contributed by atoms with Crippen molar-refractivity contribution in [3.8, 4) is 5.75 Å². The Balaban J connectivity index is 2.58. The van der Waals surface area contributed by atoms with Crippen LogP contribution in [0, 0.1) is 19.7 Å². The number of halogens is 2. The predicted octanol–water partition coefficient (Wildman–Crippen LogP) is 4.44. The molecule has 0 bridgehead atoms. The summed E-state index contributed by atoms with van der Waals surface area (Å²) in [6.07, 6.45) is 0. The third-order valence-electron chi connectivity index (χ3n) is 3.12. The van der Waals surface area contributed by atoms with E-state index in [0.717, 1.165) is 11.1 Å². The minimum atomic E-state index is -0.459. The lowest BCUT2D eigenvalue weighted by molar-refractivity contribution is 0.103. The SMILES string of the molecule is COc1cc(F)c(Br)cc1C(=O)c1cc(C)ccc1C. The molecule has 0 fully saturated rings. The summed E-state index contributed by atoms with van der Waals surface area (Å²) in [7, 11) is 1.42. The van der Waals surface area contributed by atoms with E-state index in [1.807, 2.05) is 32.0 Å². The Kier molecular flexibility index (Phi) is 4.23. The van der Waals surface area contributed by atoms with E-state index in [1.54, 1.807) is 0 Å². The summed E-state index contributed by atoms with van der Waals surface area (Å²) < 4.78 is 18.9. The molecule has 0 saturated heterocycles. The Hall–Kier alpha value is -1.68. The van der Waals surface area contributed by atoms with E-state index in [9.17, 15) is 9.18 Å². The fourth-order valence-electron chi connectivity index (χ4n) is 2.00. The molecular formula is C16H14BrFO2. The lowest BCUT2D eigenvalue weighted by atomic mass is 9.97. The van der Waals surface area contributed by atoms with Gasteiger partial charge in [-0.25, -0.2) is 4.39 Å². The zero-order valence-corrected chi connectivity index (χ0v) is 13.0. The number of carbonyl (C=O) groups excluding carboxylic acids is 1. The second-order valence-electron chi connectivity index (χ2n) is 4.61. The number of hydrogen-bond acceptors (Lipinski definition) is 2. The molecule has 0 unspecified atom stereocenters. The molecule has 4 heteroatoms.